The number of aryl methyl sites for hydroxylation is 3. The molecule has 7 nitrogen and oxygen atoms in total. The molecule has 2 aromatic rings. The van der Waals surface area contributed by atoms with Gasteiger partial charge in [-0.3, -0.25) is 14.7 Å². The fourth-order valence-corrected chi connectivity index (χ4v) is 1.86. The van der Waals surface area contributed by atoms with Crippen LogP contribution in [0.25, 0.3) is 5.82 Å². The van der Waals surface area contributed by atoms with Gasteiger partial charge in [-0.1, -0.05) is 6.92 Å². The van der Waals surface area contributed by atoms with Crippen LogP contribution >= 0.6 is 0 Å². The lowest BCUT2D eigenvalue weighted by Crippen LogP contribution is -2.06. The molecule has 2 rings (SSSR count). The third kappa shape index (κ3) is 1.69. The summed E-state index contributed by atoms with van der Waals surface area (Å²) in [6.45, 7) is 3.64. The summed E-state index contributed by atoms with van der Waals surface area (Å²) in [5.41, 5.74) is 0.539. The second kappa shape index (κ2) is 4.00. The molecule has 0 aliphatic rings. The van der Waals surface area contributed by atoms with Crippen LogP contribution in [0.4, 0.5) is 5.69 Å². The van der Waals surface area contributed by atoms with E-state index in [9.17, 15) is 10.1 Å². The van der Waals surface area contributed by atoms with Gasteiger partial charge in [0.1, 0.15) is 11.5 Å². The maximum Gasteiger partial charge on any atom is 0.334 e. The van der Waals surface area contributed by atoms with Crippen LogP contribution in [-0.2, 0) is 13.5 Å². The average molecular weight is 235 g/mol. The Hall–Kier alpha value is -2.18. The van der Waals surface area contributed by atoms with Gasteiger partial charge in [-0.25, -0.2) is 9.67 Å². The third-order valence-electron chi connectivity index (χ3n) is 2.63. The van der Waals surface area contributed by atoms with Crippen molar-refractivity contribution >= 4 is 5.69 Å². The number of imidazole rings is 1. The van der Waals surface area contributed by atoms with E-state index in [2.05, 4.69) is 10.1 Å². The quantitative estimate of drug-likeness (QED) is 0.594. The number of rotatable bonds is 3. The molecule has 0 aliphatic heterocycles. The number of aromatic nitrogens is 4. The normalized spacial score (nSPS) is 10.8. The van der Waals surface area contributed by atoms with E-state index in [1.54, 1.807) is 30.9 Å². The molecule has 0 aromatic carbocycles. The molecule has 0 atom stereocenters. The van der Waals surface area contributed by atoms with Crippen molar-refractivity contribution in [3.05, 3.63) is 34.0 Å². The Morgan fingerprint density at radius 2 is 2.24 bits per heavy atom. The largest absolute Gasteiger partial charge is 0.334 e. The van der Waals surface area contributed by atoms with Crippen LogP contribution in [0.1, 0.15) is 18.4 Å². The Balaban J connectivity index is 2.73. The smallest absolute Gasteiger partial charge is 0.283 e. The van der Waals surface area contributed by atoms with E-state index >= 15 is 0 Å². The zero-order valence-electron chi connectivity index (χ0n) is 9.91. The van der Waals surface area contributed by atoms with Gasteiger partial charge in [-0.15, -0.1) is 0 Å². The highest BCUT2D eigenvalue weighted by Crippen LogP contribution is 2.27. The van der Waals surface area contributed by atoms with Gasteiger partial charge in [0.05, 0.1) is 4.92 Å². The summed E-state index contributed by atoms with van der Waals surface area (Å²) < 4.78 is 3.19. The minimum Gasteiger partial charge on any atom is -0.283 e. The van der Waals surface area contributed by atoms with Gasteiger partial charge in [0, 0.05) is 19.4 Å². The molecule has 90 valence electrons. The molecule has 0 bridgehead atoms. The zero-order chi connectivity index (χ0) is 12.6. The van der Waals surface area contributed by atoms with E-state index in [0.717, 1.165) is 0 Å². The molecular formula is C10H13N5O2. The molecule has 0 fully saturated rings. The van der Waals surface area contributed by atoms with Gasteiger partial charge < -0.3 is 0 Å². The lowest BCUT2D eigenvalue weighted by atomic mass is 10.3. The van der Waals surface area contributed by atoms with Crippen molar-refractivity contribution < 1.29 is 4.92 Å². The minimum absolute atomic E-state index is 0.0519. The minimum atomic E-state index is -0.388. The molecule has 0 unspecified atom stereocenters. The van der Waals surface area contributed by atoms with Gasteiger partial charge in [-0.2, -0.15) is 5.10 Å². The van der Waals surface area contributed by atoms with E-state index in [-0.39, 0.29) is 10.6 Å². The average Bonchev–Trinajstić information content (AvgIpc) is 2.81. The second-order valence-electron chi connectivity index (χ2n) is 3.70. The number of hydrogen-bond donors (Lipinski definition) is 0. The number of nitro groups is 1. The van der Waals surface area contributed by atoms with Crippen molar-refractivity contribution in [1.82, 2.24) is 19.3 Å². The second-order valence-corrected chi connectivity index (χ2v) is 3.70. The Morgan fingerprint density at radius 3 is 2.71 bits per heavy atom. The van der Waals surface area contributed by atoms with Crippen LogP contribution in [0.5, 0.6) is 0 Å². The van der Waals surface area contributed by atoms with Crippen LogP contribution < -0.4 is 0 Å². The first-order chi connectivity index (χ1) is 8.06. The Morgan fingerprint density at radius 1 is 1.53 bits per heavy atom. The molecule has 0 spiro atoms. The lowest BCUT2D eigenvalue weighted by molar-refractivity contribution is -0.385. The SMILES string of the molecule is CCc1nn(C)c(-n2ccnc2C)c1[N+](=O)[O-]. The van der Waals surface area contributed by atoms with E-state index in [1.165, 1.54) is 4.68 Å². The zero-order valence-corrected chi connectivity index (χ0v) is 9.91. The topological polar surface area (TPSA) is 78.8 Å². The molecule has 0 aliphatic carbocycles. The summed E-state index contributed by atoms with van der Waals surface area (Å²) in [7, 11) is 1.70. The van der Waals surface area contributed by atoms with E-state index in [1.807, 2.05) is 6.92 Å². The van der Waals surface area contributed by atoms with Gasteiger partial charge in [0.25, 0.3) is 0 Å². The summed E-state index contributed by atoms with van der Waals surface area (Å²) in [5.74, 6) is 1.14. The van der Waals surface area contributed by atoms with E-state index < -0.39 is 0 Å². The summed E-state index contributed by atoms with van der Waals surface area (Å²) in [6, 6.07) is 0. The van der Waals surface area contributed by atoms with Crippen molar-refractivity contribution in [1.29, 1.82) is 0 Å². The van der Waals surface area contributed by atoms with Crippen molar-refractivity contribution in [2.24, 2.45) is 7.05 Å². The molecular weight excluding hydrogens is 222 g/mol. The maximum absolute atomic E-state index is 11.1. The first kappa shape index (κ1) is 11.3. The number of hydrogen-bond acceptors (Lipinski definition) is 4. The van der Waals surface area contributed by atoms with Crippen LogP contribution in [0.3, 0.4) is 0 Å². The van der Waals surface area contributed by atoms with E-state index in [0.29, 0.717) is 23.8 Å². The Labute approximate surface area is 97.8 Å². The van der Waals surface area contributed by atoms with Gasteiger partial charge in [-0.05, 0) is 13.3 Å². The van der Waals surface area contributed by atoms with Crippen molar-refractivity contribution in [2.45, 2.75) is 20.3 Å². The Bertz CT molecular complexity index is 569. The monoisotopic (exact) mass is 235 g/mol. The predicted molar refractivity (Wildman–Crippen MR) is 61.1 cm³/mol. The molecule has 2 heterocycles. The summed E-state index contributed by atoms with van der Waals surface area (Å²) in [5, 5.41) is 15.3. The first-order valence-corrected chi connectivity index (χ1v) is 5.26. The molecule has 2 aromatic heterocycles. The Kier molecular flexibility index (Phi) is 2.66. The summed E-state index contributed by atoms with van der Waals surface area (Å²) in [6.07, 6.45) is 3.83. The molecule has 0 saturated heterocycles. The van der Waals surface area contributed by atoms with Crippen molar-refractivity contribution in [3.8, 4) is 5.82 Å². The predicted octanol–water partition coefficient (Wildman–Crippen LogP) is 1.38. The van der Waals surface area contributed by atoms with E-state index in [4.69, 9.17) is 0 Å². The van der Waals surface area contributed by atoms with Gasteiger partial charge in [0.2, 0.25) is 5.82 Å². The third-order valence-corrected chi connectivity index (χ3v) is 2.63. The summed E-state index contributed by atoms with van der Waals surface area (Å²) in [4.78, 5) is 14.8. The molecule has 7 heteroatoms. The molecule has 0 saturated carbocycles. The van der Waals surface area contributed by atoms with Gasteiger partial charge >= 0.3 is 5.69 Å². The molecule has 0 N–H and O–H groups in total. The van der Waals surface area contributed by atoms with Crippen molar-refractivity contribution in [2.75, 3.05) is 0 Å². The van der Waals surface area contributed by atoms with Crippen molar-refractivity contribution in [3.63, 3.8) is 0 Å². The molecule has 17 heavy (non-hydrogen) atoms. The fraction of sp³-hybridized carbons (Fsp3) is 0.400. The number of nitrogens with zero attached hydrogens (tertiary/aromatic N) is 5. The highest BCUT2D eigenvalue weighted by molar-refractivity contribution is 5.52. The highest BCUT2D eigenvalue weighted by atomic mass is 16.6. The molecule has 0 amide bonds. The van der Waals surface area contributed by atoms with Crippen LogP contribution in [-0.4, -0.2) is 24.3 Å². The van der Waals surface area contributed by atoms with Crippen LogP contribution in [0, 0.1) is 17.0 Å². The van der Waals surface area contributed by atoms with Crippen LogP contribution in [0.15, 0.2) is 12.4 Å². The first-order valence-electron chi connectivity index (χ1n) is 5.26. The fourth-order valence-electron chi connectivity index (χ4n) is 1.86. The standard InChI is InChI=1S/C10H13N5O2/c1-4-8-9(15(16)17)10(13(3)12-8)14-6-5-11-7(14)2/h5-6H,4H2,1-3H3. The molecule has 0 radical (unpaired) electrons. The van der Waals surface area contributed by atoms with Crippen LogP contribution in [0.2, 0.25) is 0 Å². The highest BCUT2D eigenvalue weighted by Gasteiger charge is 2.27. The maximum atomic E-state index is 11.1. The van der Waals surface area contributed by atoms with Gasteiger partial charge in [0.15, 0.2) is 0 Å². The lowest BCUT2D eigenvalue weighted by Gasteiger charge is -2.03. The summed E-state index contributed by atoms with van der Waals surface area (Å²) >= 11 is 0.